The van der Waals surface area contributed by atoms with Gasteiger partial charge in [0.05, 0.1) is 18.8 Å². The van der Waals surface area contributed by atoms with Gasteiger partial charge in [-0.25, -0.2) is 9.59 Å². The summed E-state index contributed by atoms with van der Waals surface area (Å²) >= 11 is 0. The topological polar surface area (TPSA) is 114 Å². The number of unbranched alkanes of at least 4 members (excludes halogenated alkanes) is 5. The number of benzene rings is 3. The maximum atomic E-state index is 12.2. The summed E-state index contributed by atoms with van der Waals surface area (Å²) in [5.74, 6) is 0.486. The second-order valence-corrected chi connectivity index (χ2v) is 9.71. The molecule has 0 amide bonds. The van der Waals surface area contributed by atoms with E-state index in [9.17, 15) is 9.59 Å². The van der Waals surface area contributed by atoms with E-state index in [4.69, 9.17) is 25.7 Å². The van der Waals surface area contributed by atoms with Crippen LogP contribution in [0.4, 0.5) is 11.4 Å². The molecule has 0 bridgehead atoms. The summed E-state index contributed by atoms with van der Waals surface area (Å²) in [5.41, 5.74) is 14.8. The predicted molar refractivity (Wildman–Crippen MR) is 160 cm³/mol. The van der Waals surface area contributed by atoms with E-state index in [1.807, 2.05) is 48.5 Å². The van der Waals surface area contributed by atoms with Gasteiger partial charge >= 0.3 is 11.9 Å². The Bertz CT molecular complexity index is 1220. The second kappa shape index (κ2) is 16.6. The van der Waals surface area contributed by atoms with E-state index in [0.717, 1.165) is 43.4 Å². The first kappa shape index (κ1) is 30.3. The SMILES string of the molecule is CCCCCc1ccc(OC(=O)/C=C/c2ccc(OCCCCCCOC(=O)c3cc(N)cc(N)c3)cc2)cc1. The highest BCUT2D eigenvalue weighted by Gasteiger charge is 2.08. The summed E-state index contributed by atoms with van der Waals surface area (Å²) in [4.78, 5) is 24.3. The van der Waals surface area contributed by atoms with Crippen LogP contribution in [-0.2, 0) is 16.0 Å². The normalized spacial score (nSPS) is 10.9. The Morgan fingerprint density at radius 3 is 2.08 bits per heavy atom. The van der Waals surface area contributed by atoms with Crippen molar-refractivity contribution in [1.29, 1.82) is 0 Å². The van der Waals surface area contributed by atoms with Crippen LogP contribution in [0.3, 0.4) is 0 Å². The molecule has 0 fully saturated rings. The molecule has 0 aliphatic rings. The minimum atomic E-state index is -0.416. The summed E-state index contributed by atoms with van der Waals surface area (Å²) in [6.45, 7) is 3.14. The zero-order valence-corrected chi connectivity index (χ0v) is 23.3. The van der Waals surface area contributed by atoms with E-state index in [1.54, 1.807) is 24.3 Å². The Morgan fingerprint density at radius 2 is 1.40 bits per heavy atom. The van der Waals surface area contributed by atoms with Crippen molar-refractivity contribution in [3.05, 3.63) is 89.5 Å². The molecule has 3 aromatic carbocycles. The van der Waals surface area contributed by atoms with Crippen LogP contribution < -0.4 is 20.9 Å². The third-order valence-electron chi connectivity index (χ3n) is 6.26. The Labute approximate surface area is 237 Å². The first-order chi connectivity index (χ1) is 19.4. The van der Waals surface area contributed by atoms with Gasteiger partial charge in [0.25, 0.3) is 0 Å². The van der Waals surface area contributed by atoms with Crippen molar-refractivity contribution >= 4 is 29.4 Å². The molecule has 3 aromatic rings. The summed E-state index contributed by atoms with van der Waals surface area (Å²) in [6, 6.07) is 20.0. The molecule has 0 spiro atoms. The monoisotopic (exact) mass is 544 g/mol. The number of anilines is 2. The van der Waals surface area contributed by atoms with Crippen LogP contribution in [0.25, 0.3) is 6.08 Å². The van der Waals surface area contributed by atoms with Crippen molar-refractivity contribution in [3.8, 4) is 11.5 Å². The van der Waals surface area contributed by atoms with Crippen molar-refractivity contribution in [2.24, 2.45) is 0 Å². The van der Waals surface area contributed by atoms with Crippen LogP contribution in [0.15, 0.2) is 72.8 Å². The van der Waals surface area contributed by atoms with Crippen molar-refractivity contribution in [2.75, 3.05) is 24.7 Å². The van der Waals surface area contributed by atoms with Gasteiger partial charge in [-0.05, 0) is 98.2 Å². The van der Waals surface area contributed by atoms with E-state index in [1.165, 1.54) is 30.9 Å². The summed E-state index contributed by atoms with van der Waals surface area (Å²) < 4.78 is 16.5. The lowest BCUT2D eigenvalue weighted by molar-refractivity contribution is -0.128. The van der Waals surface area contributed by atoms with Gasteiger partial charge in [-0.15, -0.1) is 0 Å². The zero-order valence-electron chi connectivity index (χ0n) is 23.3. The number of esters is 2. The molecule has 0 saturated carbocycles. The van der Waals surface area contributed by atoms with E-state index < -0.39 is 11.9 Å². The van der Waals surface area contributed by atoms with Gasteiger partial charge in [0.2, 0.25) is 0 Å². The number of nitrogen functional groups attached to an aromatic ring is 2. The lowest BCUT2D eigenvalue weighted by Gasteiger charge is -2.08. The average Bonchev–Trinajstić information content (AvgIpc) is 2.94. The summed E-state index contributed by atoms with van der Waals surface area (Å²) in [5, 5.41) is 0. The number of ether oxygens (including phenoxy) is 3. The highest BCUT2D eigenvalue weighted by atomic mass is 16.5. The van der Waals surface area contributed by atoms with Crippen LogP contribution in [0, 0.1) is 0 Å². The van der Waals surface area contributed by atoms with Crippen molar-refractivity contribution < 1.29 is 23.8 Å². The van der Waals surface area contributed by atoms with E-state index in [2.05, 4.69) is 6.92 Å². The van der Waals surface area contributed by atoms with Gasteiger partial charge in [0.1, 0.15) is 11.5 Å². The van der Waals surface area contributed by atoms with Crippen LogP contribution in [-0.4, -0.2) is 25.2 Å². The van der Waals surface area contributed by atoms with Crippen LogP contribution in [0.2, 0.25) is 0 Å². The molecule has 0 heterocycles. The zero-order chi connectivity index (χ0) is 28.6. The van der Waals surface area contributed by atoms with Gasteiger partial charge in [-0.1, -0.05) is 44.0 Å². The van der Waals surface area contributed by atoms with Crippen molar-refractivity contribution in [1.82, 2.24) is 0 Å². The van der Waals surface area contributed by atoms with Crippen LogP contribution in [0.5, 0.6) is 11.5 Å². The van der Waals surface area contributed by atoms with Gasteiger partial charge in [0.15, 0.2) is 0 Å². The van der Waals surface area contributed by atoms with E-state index in [0.29, 0.717) is 35.9 Å². The smallest absolute Gasteiger partial charge is 0.338 e. The highest BCUT2D eigenvalue weighted by molar-refractivity contribution is 5.91. The van der Waals surface area contributed by atoms with Crippen LogP contribution in [0.1, 0.15) is 73.4 Å². The maximum absolute atomic E-state index is 12.2. The van der Waals surface area contributed by atoms with Gasteiger partial charge in [-0.2, -0.15) is 0 Å². The van der Waals surface area contributed by atoms with Crippen molar-refractivity contribution in [3.63, 3.8) is 0 Å². The summed E-state index contributed by atoms with van der Waals surface area (Å²) in [7, 11) is 0. The van der Waals surface area contributed by atoms with Gasteiger partial charge < -0.3 is 25.7 Å². The third kappa shape index (κ3) is 11.2. The lowest BCUT2D eigenvalue weighted by atomic mass is 10.1. The maximum Gasteiger partial charge on any atom is 0.338 e. The predicted octanol–water partition coefficient (Wildman–Crippen LogP) is 7.00. The molecule has 0 radical (unpaired) electrons. The van der Waals surface area contributed by atoms with Gasteiger partial charge in [0, 0.05) is 17.5 Å². The number of hydrogen-bond acceptors (Lipinski definition) is 7. The third-order valence-corrected chi connectivity index (χ3v) is 6.26. The molecule has 0 aromatic heterocycles. The minimum absolute atomic E-state index is 0.350. The quantitative estimate of drug-likeness (QED) is 0.0656. The molecule has 7 heteroatoms. The molecule has 0 unspecified atom stereocenters. The van der Waals surface area contributed by atoms with Crippen molar-refractivity contribution in [2.45, 2.75) is 58.3 Å². The highest BCUT2D eigenvalue weighted by Crippen LogP contribution is 2.17. The van der Waals surface area contributed by atoms with Crippen LogP contribution >= 0.6 is 0 Å². The Balaban J connectivity index is 1.27. The standard InChI is InChI=1S/C33H40N2O5/c1-2-3-6-9-25-12-17-31(18-13-25)40-32(36)19-14-26-10-15-30(16-11-26)38-20-7-4-5-8-21-39-33(37)27-22-28(34)24-29(35)23-27/h10-19,22-24H,2-9,20-21,34-35H2,1H3/b19-14+. The molecule has 7 nitrogen and oxygen atoms in total. The number of rotatable bonds is 16. The minimum Gasteiger partial charge on any atom is -0.494 e. The fraction of sp³-hybridized carbons (Fsp3) is 0.333. The summed E-state index contributed by atoms with van der Waals surface area (Å²) in [6.07, 6.45) is 11.4. The molecule has 0 aliphatic carbocycles. The first-order valence-electron chi connectivity index (χ1n) is 14.0. The largest absolute Gasteiger partial charge is 0.494 e. The fourth-order valence-electron chi connectivity index (χ4n) is 4.08. The Morgan fingerprint density at radius 1 is 0.750 bits per heavy atom. The molecule has 0 atom stereocenters. The molecule has 4 N–H and O–H groups in total. The molecule has 40 heavy (non-hydrogen) atoms. The molecule has 0 aliphatic heterocycles. The molecule has 3 rings (SSSR count). The van der Waals surface area contributed by atoms with E-state index in [-0.39, 0.29) is 0 Å². The molecular weight excluding hydrogens is 504 g/mol. The Hall–Kier alpha value is -4.26. The number of carbonyl (C=O) groups excluding carboxylic acids is 2. The second-order valence-electron chi connectivity index (χ2n) is 9.71. The number of nitrogens with two attached hydrogens (primary N) is 2. The average molecular weight is 545 g/mol. The lowest BCUT2D eigenvalue weighted by Crippen LogP contribution is -2.08. The fourth-order valence-corrected chi connectivity index (χ4v) is 4.08. The first-order valence-corrected chi connectivity index (χ1v) is 14.0. The molecule has 212 valence electrons. The van der Waals surface area contributed by atoms with Gasteiger partial charge in [-0.3, -0.25) is 0 Å². The Kier molecular flexibility index (Phi) is 12.6. The number of hydrogen-bond donors (Lipinski definition) is 2. The molecular formula is C33H40N2O5. The van der Waals surface area contributed by atoms with E-state index >= 15 is 0 Å². The molecule has 0 saturated heterocycles. The number of carbonyl (C=O) groups is 2. The number of aryl methyl sites for hydroxylation is 1.